The van der Waals surface area contributed by atoms with Crippen LogP contribution >= 0.6 is 0 Å². The summed E-state index contributed by atoms with van der Waals surface area (Å²) in [6, 6.07) is 0. The molecule has 80 valence electrons. The van der Waals surface area contributed by atoms with Gasteiger partial charge in [0, 0.05) is 0 Å². The second-order valence-electron chi connectivity index (χ2n) is 4.29. The van der Waals surface area contributed by atoms with Crippen LogP contribution in [0.1, 0.15) is 20.8 Å². The van der Waals surface area contributed by atoms with Crippen molar-refractivity contribution in [2.45, 2.75) is 32.5 Å². The summed E-state index contributed by atoms with van der Waals surface area (Å²) in [5.74, 6) is -0.559. The molecule has 0 spiro atoms. The van der Waals surface area contributed by atoms with Crippen LogP contribution in [0.5, 0.6) is 0 Å². The molecule has 0 bridgehead atoms. The molecular formula is C9H14FNO3. The molecule has 0 aliphatic carbocycles. The average Bonchev–Trinajstić information content (AvgIpc) is 2.28. The van der Waals surface area contributed by atoms with Gasteiger partial charge < -0.3 is 4.74 Å². The van der Waals surface area contributed by atoms with E-state index in [4.69, 9.17) is 4.74 Å². The van der Waals surface area contributed by atoms with Crippen molar-refractivity contribution < 1.29 is 18.7 Å². The first-order valence-electron chi connectivity index (χ1n) is 4.44. The van der Waals surface area contributed by atoms with Crippen LogP contribution in [0.25, 0.3) is 0 Å². The summed E-state index contributed by atoms with van der Waals surface area (Å²) < 4.78 is 17.7. The first-order chi connectivity index (χ1) is 6.29. The van der Waals surface area contributed by atoms with E-state index in [0.717, 1.165) is 4.90 Å². The maximum absolute atomic E-state index is 12.8. The summed E-state index contributed by atoms with van der Waals surface area (Å²) in [6.07, 6.45) is -2.19. The van der Waals surface area contributed by atoms with Crippen LogP contribution in [0.2, 0.25) is 0 Å². The second-order valence-corrected chi connectivity index (χ2v) is 4.29. The summed E-state index contributed by atoms with van der Waals surface area (Å²) >= 11 is 0. The van der Waals surface area contributed by atoms with Crippen molar-refractivity contribution in [1.29, 1.82) is 0 Å². The zero-order valence-corrected chi connectivity index (χ0v) is 8.54. The Labute approximate surface area is 82.0 Å². The van der Waals surface area contributed by atoms with Gasteiger partial charge in [0.1, 0.15) is 5.60 Å². The quantitative estimate of drug-likeness (QED) is 0.593. The van der Waals surface area contributed by atoms with Gasteiger partial charge in [-0.2, -0.15) is 0 Å². The number of halogens is 1. The molecule has 1 atom stereocenters. The fourth-order valence-electron chi connectivity index (χ4n) is 1.11. The third kappa shape index (κ3) is 2.68. The molecule has 4 nitrogen and oxygen atoms in total. The smallest absolute Gasteiger partial charge is 0.410 e. The van der Waals surface area contributed by atoms with Crippen molar-refractivity contribution in [3.63, 3.8) is 0 Å². The molecule has 0 unspecified atom stereocenters. The van der Waals surface area contributed by atoms with Gasteiger partial charge in [-0.1, -0.05) is 0 Å². The summed E-state index contributed by atoms with van der Waals surface area (Å²) in [4.78, 5) is 23.2. The molecule has 5 heteroatoms. The standard InChI is InChI=1S/C9H14FNO3/c1-9(2,3)14-8(13)11-4-6(10)7(12)5-11/h6H,4-5H2,1-3H3/t6-/m1/s1. The normalized spacial score (nSPS) is 22.7. The SMILES string of the molecule is CC(C)(C)OC(=O)N1CC(=O)[C@H](F)C1. The zero-order chi connectivity index (χ0) is 10.9. The van der Waals surface area contributed by atoms with E-state index in [-0.39, 0.29) is 13.1 Å². The van der Waals surface area contributed by atoms with Crippen LogP contribution < -0.4 is 0 Å². The number of carbonyl (C=O) groups is 2. The largest absolute Gasteiger partial charge is 0.444 e. The summed E-state index contributed by atoms with van der Waals surface area (Å²) in [5.41, 5.74) is -0.617. The number of nitrogens with zero attached hydrogens (tertiary/aromatic N) is 1. The fraction of sp³-hybridized carbons (Fsp3) is 0.778. The van der Waals surface area contributed by atoms with Crippen molar-refractivity contribution in [1.82, 2.24) is 4.90 Å². The lowest BCUT2D eigenvalue weighted by molar-refractivity contribution is -0.120. The molecule has 14 heavy (non-hydrogen) atoms. The van der Waals surface area contributed by atoms with Gasteiger partial charge in [-0.3, -0.25) is 9.69 Å². The zero-order valence-electron chi connectivity index (χ0n) is 8.54. The number of amides is 1. The van der Waals surface area contributed by atoms with E-state index in [2.05, 4.69) is 0 Å². The minimum absolute atomic E-state index is 0.184. The van der Waals surface area contributed by atoms with Crippen LogP contribution in [-0.4, -0.2) is 41.6 Å². The third-order valence-electron chi connectivity index (χ3n) is 1.73. The predicted molar refractivity (Wildman–Crippen MR) is 47.7 cm³/mol. The Hall–Kier alpha value is -1.13. The van der Waals surface area contributed by atoms with E-state index in [1.165, 1.54) is 0 Å². The number of rotatable bonds is 0. The van der Waals surface area contributed by atoms with E-state index in [1.807, 2.05) is 0 Å². The first kappa shape index (κ1) is 10.9. The molecule has 1 heterocycles. The van der Waals surface area contributed by atoms with Crippen LogP contribution in [0.15, 0.2) is 0 Å². The topological polar surface area (TPSA) is 46.6 Å². The van der Waals surface area contributed by atoms with E-state index in [0.29, 0.717) is 0 Å². The molecule has 0 aromatic heterocycles. The molecular weight excluding hydrogens is 189 g/mol. The Morgan fingerprint density at radius 2 is 2.14 bits per heavy atom. The van der Waals surface area contributed by atoms with E-state index in [9.17, 15) is 14.0 Å². The summed E-state index contributed by atoms with van der Waals surface area (Å²) in [5, 5.41) is 0. The maximum Gasteiger partial charge on any atom is 0.410 e. The first-order valence-corrected chi connectivity index (χ1v) is 4.44. The Morgan fingerprint density at radius 3 is 2.50 bits per heavy atom. The molecule has 1 saturated heterocycles. The van der Waals surface area contributed by atoms with Gasteiger partial charge in [-0.05, 0) is 20.8 Å². The highest BCUT2D eigenvalue weighted by Crippen LogP contribution is 2.14. The van der Waals surface area contributed by atoms with E-state index in [1.54, 1.807) is 20.8 Å². The number of hydrogen-bond donors (Lipinski definition) is 0. The number of likely N-dealkylation sites (tertiary alicyclic amines) is 1. The summed E-state index contributed by atoms with van der Waals surface area (Å²) in [7, 11) is 0. The van der Waals surface area contributed by atoms with E-state index >= 15 is 0 Å². The summed E-state index contributed by atoms with van der Waals surface area (Å²) in [6.45, 7) is 4.78. The fourth-order valence-corrected chi connectivity index (χ4v) is 1.11. The van der Waals surface area contributed by atoms with Gasteiger partial charge in [0.05, 0.1) is 13.1 Å². The van der Waals surface area contributed by atoms with Crippen molar-refractivity contribution in [3.8, 4) is 0 Å². The third-order valence-corrected chi connectivity index (χ3v) is 1.73. The maximum atomic E-state index is 12.8. The molecule has 0 aromatic rings. The number of ketones is 1. The van der Waals surface area contributed by atoms with Crippen molar-refractivity contribution in [3.05, 3.63) is 0 Å². The van der Waals surface area contributed by atoms with Crippen molar-refractivity contribution >= 4 is 11.9 Å². The van der Waals surface area contributed by atoms with E-state index < -0.39 is 23.6 Å². The van der Waals surface area contributed by atoms with Gasteiger partial charge >= 0.3 is 6.09 Å². The molecule has 0 saturated carbocycles. The Balaban J connectivity index is 2.52. The Morgan fingerprint density at radius 1 is 1.57 bits per heavy atom. The van der Waals surface area contributed by atoms with Crippen LogP contribution in [0, 0.1) is 0 Å². The number of hydrogen-bond acceptors (Lipinski definition) is 3. The average molecular weight is 203 g/mol. The number of Topliss-reactive ketones (excluding diaryl/α,β-unsaturated/α-hetero) is 1. The lowest BCUT2D eigenvalue weighted by atomic mass is 10.2. The van der Waals surface area contributed by atoms with Gasteiger partial charge in [0.2, 0.25) is 0 Å². The highest BCUT2D eigenvalue weighted by atomic mass is 19.1. The minimum atomic E-state index is -1.55. The second kappa shape index (κ2) is 3.55. The minimum Gasteiger partial charge on any atom is -0.444 e. The van der Waals surface area contributed by atoms with Crippen molar-refractivity contribution in [2.75, 3.05) is 13.1 Å². The molecule has 0 N–H and O–H groups in total. The molecule has 1 aliphatic rings. The van der Waals surface area contributed by atoms with Crippen LogP contribution in [0.4, 0.5) is 9.18 Å². The van der Waals surface area contributed by atoms with Crippen LogP contribution in [0.3, 0.4) is 0 Å². The lowest BCUT2D eigenvalue weighted by Gasteiger charge is -2.23. The highest BCUT2D eigenvalue weighted by Gasteiger charge is 2.35. The number of carbonyl (C=O) groups excluding carboxylic acids is 2. The van der Waals surface area contributed by atoms with Gasteiger partial charge in [0.25, 0.3) is 0 Å². The molecule has 0 radical (unpaired) electrons. The Kier molecular flexibility index (Phi) is 2.78. The lowest BCUT2D eigenvalue weighted by Crippen LogP contribution is -2.35. The van der Waals surface area contributed by atoms with Crippen molar-refractivity contribution in [2.24, 2.45) is 0 Å². The molecule has 0 aromatic carbocycles. The number of alkyl halides is 1. The highest BCUT2D eigenvalue weighted by molar-refractivity contribution is 5.91. The monoisotopic (exact) mass is 203 g/mol. The van der Waals surface area contributed by atoms with Gasteiger partial charge in [0.15, 0.2) is 12.0 Å². The molecule has 1 rings (SSSR count). The molecule has 1 aliphatic heterocycles. The Bertz CT molecular complexity index is 259. The number of ether oxygens (including phenoxy) is 1. The molecule has 1 amide bonds. The predicted octanol–water partition coefficient (Wildman–Crippen LogP) is 1.14. The van der Waals surface area contributed by atoms with Gasteiger partial charge in [-0.15, -0.1) is 0 Å². The van der Waals surface area contributed by atoms with Crippen LogP contribution in [-0.2, 0) is 9.53 Å². The molecule has 1 fully saturated rings. The van der Waals surface area contributed by atoms with Gasteiger partial charge in [-0.25, -0.2) is 9.18 Å².